The molecular formula is C17H28ClN3. The highest BCUT2D eigenvalue weighted by Gasteiger charge is 2.22. The van der Waals surface area contributed by atoms with Gasteiger partial charge in [-0.2, -0.15) is 0 Å². The van der Waals surface area contributed by atoms with E-state index < -0.39 is 0 Å². The van der Waals surface area contributed by atoms with Gasteiger partial charge in [0.15, 0.2) is 0 Å². The van der Waals surface area contributed by atoms with E-state index in [1.807, 2.05) is 0 Å². The average molecular weight is 310 g/mol. The number of rotatable bonds is 6. The van der Waals surface area contributed by atoms with E-state index in [2.05, 4.69) is 54.3 Å². The van der Waals surface area contributed by atoms with E-state index in [0.29, 0.717) is 6.04 Å². The highest BCUT2D eigenvalue weighted by molar-refractivity contribution is 6.33. The quantitative estimate of drug-likeness (QED) is 0.813. The zero-order chi connectivity index (χ0) is 15.2. The number of likely N-dealkylation sites (N-methyl/N-ethyl adjacent to an activating group) is 2. The van der Waals surface area contributed by atoms with Gasteiger partial charge in [0.25, 0.3) is 0 Å². The molecule has 0 spiro atoms. The van der Waals surface area contributed by atoms with Crippen molar-refractivity contribution >= 4 is 17.3 Å². The molecule has 0 saturated carbocycles. The Morgan fingerprint density at radius 1 is 1.43 bits per heavy atom. The number of nitrogens with zero attached hydrogens (tertiary/aromatic N) is 2. The molecule has 1 aromatic rings. The molecule has 1 saturated heterocycles. The summed E-state index contributed by atoms with van der Waals surface area (Å²) in [4.78, 5) is 4.75. The number of hydrogen-bond acceptors (Lipinski definition) is 3. The van der Waals surface area contributed by atoms with Crippen molar-refractivity contribution in [1.82, 2.24) is 10.2 Å². The zero-order valence-electron chi connectivity index (χ0n) is 13.5. The SMILES string of the molecule is CCCNCc1ccc(N(C)C2CCCN(C)C2)c(Cl)c1. The van der Waals surface area contributed by atoms with Crippen LogP contribution < -0.4 is 10.2 Å². The Bertz CT molecular complexity index is 450. The lowest BCUT2D eigenvalue weighted by Gasteiger charge is -2.37. The van der Waals surface area contributed by atoms with Crippen LogP contribution in [0.15, 0.2) is 18.2 Å². The lowest BCUT2D eigenvalue weighted by Crippen LogP contribution is -2.45. The summed E-state index contributed by atoms with van der Waals surface area (Å²) in [5.41, 5.74) is 2.41. The van der Waals surface area contributed by atoms with E-state index in [9.17, 15) is 0 Å². The number of halogens is 1. The van der Waals surface area contributed by atoms with E-state index in [1.165, 1.54) is 24.9 Å². The zero-order valence-corrected chi connectivity index (χ0v) is 14.3. The highest BCUT2D eigenvalue weighted by atomic mass is 35.5. The van der Waals surface area contributed by atoms with Crippen LogP contribution >= 0.6 is 11.6 Å². The maximum atomic E-state index is 6.51. The second kappa shape index (κ2) is 8.02. The van der Waals surface area contributed by atoms with Gasteiger partial charge in [-0.05, 0) is 57.1 Å². The van der Waals surface area contributed by atoms with Crippen molar-refractivity contribution in [1.29, 1.82) is 0 Å². The first-order chi connectivity index (χ1) is 10.1. The monoisotopic (exact) mass is 309 g/mol. The standard InChI is InChI=1S/C17H28ClN3/c1-4-9-19-12-14-7-8-17(16(18)11-14)21(3)15-6-5-10-20(2)13-15/h7-8,11,15,19H,4-6,9-10,12-13H2,1-3H3. The first kappa shape index (κ1) is 16.6. The fourth-order valence-corrected chi connectivity index (χ4v) is 3.34. The van der Waals surface area contributed by atoms with E-state index in [0.717, 1.165) is 36.8 Å². The Kier molecular flexibility index (Phi) is 6.34. The Morgan fingerprint density at radius 2 is 2.24 bits per heavy atom. The van der Waals surface area contributed by atoms with Crippen molar-refractivity contribution in [3.8, 4) is 0 Å². The molecule has 21 heavy (non-hydrogen) atoms. The second-order valence-corrected chi connectivity index (χ2v) is 6.54. The number of nitrogens with one attached hydrogen (secondary N) is 1. The molecule has 0 aromatic heterocycles. The molecular weight excluding hydrogens is 282 g/mol. The predicted molar refractivity (Wildman–Crippen MR) is 92.4 cm³/mol. The minimum atomic E-state index is 0.560. The number of hydrogen-bond donors (Lipinski definition) is 1. The van der Waals surface area contributed by atoms with Crippen molar-refractivity contribution in [2.45, 2.75) is 38.8 Å². The minimum Gasteiger partial charge on any atom is -0.369 e. The van der Waals surface area contributed by atoms with Gasteiger partial charge in [0.05, 0.1) is 10.7 Å². The molecule has 0 aliphatic carbocycles. The van der Waals surface area contributed by atoms with Gasteiger partial charge < -0.3 is 15.1 Å². The fourth-order valence-electron chi connectivity index (χ4n) is 3.01. The molecule has 1 N–H and O–H groups in total. The molecule has 1 heterocycles. The number of likely N-dealkylation sites (tertiary alicyclic amines) is 1. The molecule has 1 aromatic carbocycles. The van der Waals surface area contributed by atoms with Gasteiger partial charge in [-0.1, -0.05) is 24.6 Å². The molecule has 0 bridgehead atoms. The largest absolute Gasteiger partial charge is 0.369 e. The van der Waals surface area contributed by atoms with Gasteiger partial charge in [0, 0.05) is 26.2 Å². The van der Waals surface area contributed by atoms with Crippen molar-refractivity contribution in [3.63, 3.8) is 0 Å². The summed E-state index contributed by atoms with van der Waals surface area (Å²) in [6, 6.07) is 7.01. The Labute approximate surface area is 134 Å². The van der Waals surface area contributed by atoms with Crippen LogP contribution in [0.3, 0.4) is 0 Å². The molecule has 1 aliphatic rings. The van der Waals surface area contributed by atoms with Crippen LogP contribution in [-0.2, 0) is 6.54 Å². The summed E-state index contributed by atoms with van der Waals surface area (Å²) >= 11 is 6.51. The average Bonchev–Trinajstić information content (AvgIpc) is 2.47. The van der Waals surface area contributed by atoms with E-state index >= 15 is 0 Å². The molecule has 2 rings (SSSR count). The van der Waals surface area contributed by atoms with Crippen molar-refractivity contribution in [2.75, 3.05) is 38.6 Å². The van der Waals surface area contributed by atoms with Crippen molar-refractivity contribution in [2.24, 2.45) is 0 Å². The third-order valence-corrected chi connectivity index (χ3v) is 4.60. The maximum absolute atomic E-state index is 6.51. The maximum Gasteiger partial charge on any atom is 0.0642 e. The van der Waals surface area contributed by atoms with Crippen LogP contribution in [0.25, 0.3) is 0 Å². The lowest BCUT2D eigenvalue weighted by molar-refractivity contribution is 0.248. The summed E-state index contributed by atoms with van der Waals surface area (Å²) in [6.07, 6.45) is 3.67. The van der Waals surface area contributed by atoms with Gasteiger partial charge in [-0.25, -0.2) is 0 Å². The third kappa shape index (κ3) is 4.60. The summed E-state index contributed by atoms with van der Waals surface area (Å²) in [7, 11) is 4.37. The van der Waals surface area contributed by atoms with Gasteiger partial charge in [0.1, 0.15) is 0 Å². The number of piperidine rings is 1. The van der Waals surface area contributed by atoms with Crippen molar-refractivity contribution in [3.05, 3.63) is 28.8 Å². The normalized spacial score (nSPS) is 19.7. The molecule has 118 valence electrons. The Hall–Kier alpha value is -0.770. The summed E-state index contributed by atoms with van der Waals surface area (Å²) < 4.78 is 0. The van der Waals surface area contributed by atoms with Crippen LogP contribution in [0.1, 0.15) is 31.7 Å². The minimum absolute atomic E-state index is 0.560. The molecule has 1 unspecified atom stereocenters. The van der Waals surface area contributed by atoms with E-state index in [-0.39, 0.29) is 0 Å². The van der Waals surface area contributed by atoms with E-state index in [4.69, 9.17) is 11.6 Å². The summed E-state index contributed by atoms with van der Waals surface area (Å²) in [5, 5.41) is 4.28. The third-order valence-electron chi connectivity index (χ3n) is 4.30. The van der Waals surface area contributed by atoms with Gasteiger partial charge >= 0.3 is 0 Å². The molecule has 0 radical (unpaired) electrons. The van der Waals surface area contributed by atoms with Crippen LogP contribution in [0.5, 0.6) is 0 Å². The molecule has 1 fully saturated rings. The van der Waals surface area contributed by atoms with Crippen LogP contribution in [0, 0.1) is 0 Å². The summed E-state index contributed by atoms with van der Waals surface area (Å²) in [5.74, 6) is 0. The molecule has 3 nitrogen and oxygen atoms in total. The van der Waals surface area contributed by atoms with Gasteiger partial charge in [-0.15, -0.1) is 0 Å². The lowest BCUT2D eigenvalue weighted by atomic mass is 10.0. The second-order valence-electron chi connectivity index (χ2n) is 6.13. The first-order valence-corrected chi connectivity index (χ1v) is 8.40. The summed E-state index contributed by atoms with van der Waals surface area (Å²) in [6.45, 7) is 6.45. The van der Waals surface area contributed by atoms with E-state index in [1.54, 1.807) is 0 Å². The van der Waals surface area contributed by atoms with Crippen LogP contribution in [0.2, 0.25) is 5.02 Å². The molecule has 4 heteroatoms. The topological polar surface area (TPSA) is 18.5 Å². The highest BCUT2D eigenvalue weighted by Crippen LogP contribution is 2.29. The smallest absolute Gasteiger partial charge is 0.0642 e. The molecule has 1 aliphatic heterocycles. The Balaban J connectivity index is 2.02. The Morgan fingerprint density at radius 3 is 2.90 bits per heavy atom. The van der Waals surface area contributed by atoms with Gasteiger partial charge in [-0.3, -0.25) is 0 Å². The molecule has 0 amide bonds. The predicted octanol–water partition coefficient (Wildman–Crippen LogP) is 3.37. The van der Waals surface area contributed by atoms with Gasteiger partial charge in [0.2, 0.25) is 0 Å². The molecule has 1 atom stereocenters. The van der Waals surface area contributed by atoms with Crippen LogP contribution in [0.4, 0.5) is 5.69 Å². The fraction of sp³-hybridized carbons (Fsp3) is 0.647. The van der Waals surface area contributed by atoms with Crippen LogP contribution in [-0.4, -0.2) is 44.7 Å². The van der Waals surface area contributed by atoms with Crippen molar-refractivity contribution < 1.29 is 0 Å². The number of benzene rings is 1. The first-order valence-electron chi connectivity index (χ1n) is 8.02. The number of anilines is 1.